The van der Waals surface area contributed by atoms with Crippen molar-refractivity contribution in [2.24, 2.45) is 0 Å². The maximum absolute atomic E-state index is 11.6. The summed E-state index contributed by atoms with van der Waals surface area (Å²) in [6.07, 6.45) is 0.841. The first-order chi connectivity index (χ1) is 9.72. The second-order valence-electron chi connectivity index (χ2n) is 4.98. The van der Waals surface area contributed by atoms with Gasteiger partial charge in [-0.3, -0.25) is 4.79 Å². The van der Waals surface area contributed by atoms with E-state index in [4.69, 9.17) is 4.74 Å². The molecular formula is C17H16O2S. The molecule has 1 saturated heterocycles. The van der Waals surface area contributed by atoms with Gasteiger partial charge in [-0.2, -0.15) is 0 Å². The van der Waals surface area contributed by atoms with Gasteiger partial charge in [0.1, 0.15) is 11.4 Å². The molecule has 102 valence electrons. The van der Waals surface area contributed by atoms with E-state index < -0.39 is 0 Å². The standard InChI is InChI=1S/C17H16O2S/c1-12-11-16(17(18)19-12)20-15-9-7-14(8-10-15)13-5-3-2-4-6-13/h2-10,12,16H,11H2,1H3/t12-,16+/m0/s1. The third kappa shape index (κ3) is 2.88. The van der Waals surface area contributed by atoms with Crippen LogP contribution in [0.2, 0.25) is 0 Å². The zero-order chi connectivity index (χ0) is 13.9. The van der Waals surface area contributed by atoms with Crippen molar-refractivity contribution in [3.63, 3.8) is 0 Å². The summed E-state index contributed by atoms with van der Waals surface area (Å²) >= 11 is 1.59. The second-order valence-corrected chi connectivity index (χ2v) is 6.26. The summed E-state index contributed by atoms with van der Waals surface area (Å²) in [6, 6.07) is 18.6. The molecule has 0 unspecified atom stereocenters. The first-order valence-electron chi connectivity index (χ1n) is 6.75. The van der Waals surface area contributed by atoms with Gasteiger partial charge >= 0.3 is 5.97 Å². The van der Waals surface area contributed by atoms with Gasteiger partial charge in [0.05, 0.1) is 0 Å². The predicted molar refractivity (Wildman–Crippen MR) is 81.7 cm³/mol. The maximum atomic E-state index is 11.6. The Bertz CT molecular complexity index is 592. The van der Waals surface area contributed by atoms with Crippen LogP contribution in [0.25, 0.3) is 11.1 Å². The van der Waals surface area contributed by atoms with Crippen LogP contribution in [0.3, 0.4) is 0 Å². The number of carbonyl (C=O) groups is 1. The average molecular weight is 284 g/mol. The Morgan fingerprint density at radius 2 is 1.65 bits per heavy atom. The summed E-state index contributed by atoms with van der Waals surface area (Å²) in [4.78, 5) is 12.7. The molecule has 0 bridgehead atoms. The van der Waals surface area contributed by atoms with E-state index in [-0.39, 0.29) is 17.3 Å². The third-order valence-corrected chi connectivity index (χ3v) is 4.58. The van der Waals surface area contributed by atoms with Gasteiger partial charge in [0, 0.05) is 11.3 Å². The van der Waals surface area contributed by atoms with Gasteiger partial charge in [0.15, 0.2) is 0 Å². The molecule has 3 rings (SSSR count). The molecule has 1 aliphatic heterocycles. The lowest BCUT2D eigenvalue weighted by atomic mass is 10.1. The summed E-state index contributed by atoms with van der Waals surface area (Å²) in [5.74, 6) is -0.0883. The summed E-state index contributed by atoms with van der Waals surface area (Å²) in [6.45, 7) is 1.94. The van der Waals surface area contributed by atoms with E-state index in [1.165, 1.54) is 11.1 Å². The molecule has 0 radical (unpaired) electrons. The van der Waals surface area contributed by atoms with Crippen LogP contribution in [0.15, 0.2) is 59.5 Å². The molecule has 1 aliphatic rings. The van der Waals surface area contributed by atoms with E-state index in [0.29, 0.717) is 0 Å². The number of ether oxygens (including phenoxy) is 1. The minimum absolute atomic E-state index is 0.0450. The zero-order valence-electron chi connectivity index (χ0n) is 11.3. The van der Waals surface area contributed by atoms with Gasteiger partial charge in [0.25, 0.3) is 0 Å². The highest BCUT2D eigenvalue weighted by molar-refractivity contribution is 8.00. The smallest absolute Gasteiger partial charge is 0.319 e. The van der Waals surface area contributed by atoms with Crippen LogP contribution in [0.4, 0.5) is 0 Å². The molecule has 2 nitrogen and oxygen atoms in total. The van der Waals surface area contributed by atoms with Crippen LogP contribution in [-0.4, -0.2) is 17.3 Å². The molecule has 3 heteroatoms. The number of cyclic esters (lactones) is 1. The number of hydrogen-bond acceptors (Lipinski definition) is 3. The first kappa shape index (κ1) is 13.3. The Balaban J connectivity index is 1.72. The lowest BCUT2D eigenvalue weighted by molar-refractivity contribution is -0.140. The Hall–Kier alpha value is -1.74. The topological polar surface area (TPSA) is 26.3 Å². The summed E-state index contributed by atoms with van der Waals surface area (Å²) < 4.78 is 5.18. The molecule has 2 aromatic rings. The fourth-order valence-electron chi connectivity index (χ4n) is 2.34. The quantitative estimate of drug-likeness (QED) is 0.792. The number of benzene rings is 2. The molecule has 1 heterocycles. The zero-order valence-corrected chi connectivity index (χ0v) is 12.1. The number of esters is 1. The van der Waals surface area contributed by atoms with E-state index in [2.05, 4.69) is 36.4 Å². The summed E-state index contributed by atoms with van der Waals surface area (Å²) in [7, 11) is 0. The van der Waals surface area contributed by atoms with Gasteiger partial charge in [-0.25, -0.2) is 0 Å². The van der Waals surface area contributed by atoms with Crippen molar-refractivity contribution in [1.82, 2.24) is 0 Å². The number of hydrogen-bond donors (Lipinski definition) is 0. The molecule has 2 atom stereocenters. The molecule has 0 spiro atoms. The van der Waals surface area contributed by atoms with Crippen molar-refractivity contribution in [2.75, 3.05) is 0 Å². The van der Waals surface area contributed by atoms with Gasteiger partial charge < -0.3 is 4.74 Å². The Labute approximate surface area is 123 Å². The van der Waals surface area contributed by atoms with Crippen molar-refractivity contribution >= 4 is 17.7 Å². The number of carbonyl (C=O) groups excluding carboxylic acids is 1. The van der Waals surface area contributed by atoms with Crippen LogP contribution in [0.5, 0.6) is 0 Å². The SMILES string of the molecule is C[C@H]1C[C@@H](Sc2ccc(-c3ccccc3)cc2)C(=O)O1. The molecule has 20 heavy (non-hydrogen) atoms. The molecule has 0 amide bonds. The van der Waals surface area contributed by atoms with E-state index in [9.17, 15) is 4.79 Å². The molecule has 0 aliphatic carbocycles. The normalized spacial score (nSPS) is 21.8. The van der Waals surface area contributed by atoms with E-state index >= 15 is 0 Å². The molecule has 0 saturated carbocycles. The first-order valence-corrected chi connectivity index (χ1v) is 7.63. The molecule has 0 N–H and O–H groups in total. The van der Waals surface area contributed by atoms with Crippen molar-refractivity contribution in [3.05, 3.63) is 54.6 Å². The van der Waals surface area contributed by atoms with Crippen molar-refractivity contribution in [2.45, 2.75) is 29.6 Å². The van der Waals surface area contributed by atoms with Gasteiger partial charge in [-0.05, 0) is 30.2 Å². The van der Waals surface area contributed by atoms with E-state index in [0.717, 1.165) is 11.3 Å². The lowest BCUT2D eigenvalue weighted by Crippen LogP contribution is -2.08. The third-order valence-electron chi connectivity index (χ3n) is 3.37. The van der Waals surface area contributed by atoms with Gasteiger partial charge in [0.2, 0.25) is 0 Å². The van der Waals surface area contributed by atoms with Gasteiger partial charge in [-0.15, -0.1) is 11.8 Å². The molecule has 1 fully saturated rings. The highest BCUT2D eigenvalue weighted by atomic mass is 32.2. The Morgan fingerprint density at radius 1 is 1.00 bits per heavy atom. The van der Waals surface area contributed by atoms with Crippen molar-refractivity contribution in [3.8, 4) is 11.1 Å². The lowest BCUT2D eigenvalue weighted by Gasteiger charge is -2.07. The second kappa shape index (κ2) is 5.71. The fourth-order valence-corrected chi connectivity index (χ4v) is 3.48. The minimum atomic E-state index is -0.0883. The van der Waals surface area contributed by atoms with Crippen molar-refractivity contribution in [1.29, 1.82) is 0 Å². The van der Waals surface area contributed by atoms with Gasteiger partial charge in [-0.1, -0.05) is 42.5 Å². The van der Waals surface area contributed by atoms with E-state index in [1.807, 2.05) is 25.1 Å². The highest BCUT2D eigenvalue weighted by Gasteiger charge is 2.32. The molecule has 2 aromatic carbocycles. The molecule has 0 aromatic heterocycles. The Kier molecular flexibility index (Phi) is 3.79. The van der Waals surface area contributed by atoms with E-state index in [1.54, 1.807) is 11.8 Å². The minimum Gasteiger partial charge on any atom is -0.462 e. The van der Waals surface area contributed by atoms with Crippen LogP contribution < -0.4 is 0 Å². The highest BCUT2D eigenvalue weighted by Crippen LogP contribution is 2.33. The molecular weight excluding hydrogens is 268 g/mol. The van der Waals surface area contributed by atoms with Crippen LogP contribution >= 0.6 is 11.8 Å². The summed E-state index contributed by atoms with van der Waals surface area (Å²) in [5, 5.41) is -0.0624. The fraction of sp³-hybridized carbons (Fsp3) is 0.235. The number of rotatable bonds is 3. The predicted octanol–water partition coefficient (Wildman–Crippen LogP) is 4.15. The van der Waals surface area contributed by atoms with Crippen LogP contribution in [0, 0.1) is 0 Å². The van der Waals surface area contributed by atoms with Crippen LogP contribution in [0.1, 0.15) is 13.3 Å². The largest absolute Gasteiger partial charge is 0.462 e. The average Bonchev–Trinajstić information content (AvgIpc) is 2.79. The monoisotopic (exact) mass is 284 g/mol. The Morgan fingerprint density at radius 3 is 2.25 bits per heavy atom. The number of thioether (sulfide) groups is 1. The summed E-state index contributed by atoms with van der Waals surface area (Å²) in [5.41, 5.74) is 2.40. The van der Waals surface area contributed by atoms with Crippen molar-refractivity contribution < 1.29 is 9.53 Å². The van der Waals surface area contributed by atoms with Crippen LogP contribution in [-0.2, 0) is 9.53 Å². The maximum Gasteiger partial charge on any atom is 0.319 e.